The number of allylic oxidation sites excluding steroid dienone is 2. The van der Waals surface area contributed by atoms with Crippen molar-refractivity contribution in [3.05, 3.63) is 29.1 Å². The highest BCUT2D eigenvalue weighted by molar-refractivity contribution is 5.34. The third kappa shape index (κ3) is 3.41. The van der Waals surface area contributed by atoms with Crippen molar-refractivity contribution < 1.29 is 10.2 Å². The summed E-state index contributed by atoms with van der Waals surface area (Å²) in [6, 6.07) is 0. The Morgan fingerprint density at radius 1 is 1.11 bits per heavy atom. The lowest BCUT2D eigenvalue weighted by Crippen LogP contribution is -2.66. The van der Waals surface area contributed by atoms with E-state index in [1.54, 1.807) is 0 Å². The number of nitrogens with zero attached hydrogens (tertiary/aromatic N) is 1. The van der Waals surface area contributed by atoms with E-state index in [-0.39, 0.29) is 39.6 Å². The van der Waals surface area contributed by atoms with Gasteiger partial charge in [0.25, 0.3) is 0 Å². The first-order valence-electron chi connectivity index (χ1n) is 14.2. The molecule has 35 heavy (non-hydrogen) atoms. The van der Waals surface area contributed by atoms with Crippen molar-refractivity contribution in [3.63, 3.8) is 0 Å². The Morgan fingerprint density at radius 2 is 1.80 bits per heavy atom. The summed E-state index contributed by atoms with van der Waals surface area (Å²) in [6.07, 6.45) is 12.2. The van der Waals surface area contributed by atoms with Crippen LogP contribution in [-0.2, 0) is 11.8 Å². The fourth-order valence-corrected chi connectivity index (χ4v) is 10.7. The molecular formula is C31H50N2O2. The van der Waals surface area contributed by atoms with Crippen LogP contribution in [0, 0.1) is 39.9 Å². The van der Waals surface area contributed by atoms with Gasteiger partial charge in [0, 0.05) is 11.1 Å². The molecule has 4 aliphatic carbocycles. The molecule has 1 aromatic heterocycles. The summed E-state index contributed by atoms with van der Waals surface area (Å²) in [6.45, 7) is 18.7. The van der Waals surface area contributed by atoms with Gasteiger partial charge in [-0.1, -0.05) is 46.3 Å². The minimum Gasteiger partial charge on any atom is -0.393 e. The number of nitrogens with one attached hydrogen (secondary N) is 1. The van der Waals surface area contributed by atoms with Gasteiger partial charge in [0.2, 0.25) is 0 Å². The maximum absolute atomic E-state index is 11.9. The van der Waals surface area contributed by atoms with Crippen LogP contribution in [0.3, 0.4) is 0 Å². The quantitative estimate of drug-likeness (QED) is 0.425. The molecule has 0 radical (unpaired) electrons. The van der Waals surface area contributed by atoms with Gasteiger partial charge in [-0.3, -0.25) is 5.10 Å². The summed E-state index contributed by atoms with van der Waals surface area (Å²) in [5.74, 6) is 1.39. The molecule has 9 atom stereocenters. The van der Waals surface area contributed by atoms with Gasteiger partial charge in [0.05, 0.1) is 17.9 Å². The molecule has 5 rings (SSSR count). The van der Waals surface area contributed by atoms with Crippen molar-refractivity contribution in [3.8, 4) is 0 Å². The third-order valence-electron chi connectivity index (χ3n) is 12.5. The number of H-pyrrole nitrogens is 1. The van der Waals surface area contributed by atoms with Crippen LogP contribution in [-0.4, -0.2) is 32.1 Å². The maximum atomic E-state index is 11.9. The molecule has 0 spiro atoms. The molecule has 4 aliphatic rings. The molecule has 1 heterocycles. The number of aromatic amines is 1. The number of hydrogen-bond acceptors (Lipinski definition) is 3. The van der Waals surface area contributed by atoms with Crippen LogP contribution < -0.4 is 0 Å². The highest BCUT2D eigenvalue weighted by atomic mass is 16.3. The fraction of sp³-hybridized carbons (Fsp3) is 0.839. The minimum atomic E-state index is -0.738. The summed E-state index contributed by atoms with van der Waals surface area (Å²) < 4.78 is 0. The van der Waals surface area contributed by atoms with Crippen molar-refractivity contribution in [1.82, 2.24) is 10.2 Å². The van der Waals surface area contributed by atoms with Gasteiger partial charge in [0.15, 0.2) is 0 Å². The van der Waals surface area contributed by atoms with E-state index in [4.69, 9.17) is 0 Å². The maximum Gasteiger partial charge on any atom is 0.0654 e. The molecule has 0 amide bonds. The lowest BCUT2D eigenvalue weighted by Gasteiger charge is -2.69. The minimum absolute atomic E-state index is 0.0509. The SMILES string of the molecule is CC(C)=CCC[C@](C)(O)[C@H]1CC[C@]2(C)[C@@H]1[C@H](O)C[C@@H]1[C@@]3(C)Cc4cn[nH]c4C(C)(C)[C@@H]3CC[C@]12C. The highest BCUT2D eigenvalue weighted by Crippen LogP contribution is 2.75. The second-order valence-corrected chi connectivity index (χ2v) is 14.8. The average Bonchev–Trinajstić information content (AvgIpc) is 3.35. The molecule has 0 bridgehead atoms. The predicted molar refractivity (Wildman–Crippen MR) is 142 cm³/mol. The van der Waals surface area contributed by atoms with Gasteiger partial charge in [-0.2, -0.15) is 5.10 Å². The molecule has 3 fully saturated rings. The first kappa shape index (κ1) is 25.5. The van der Waals surface area contributed by atoms with Crippen LogP contribution in [0.1, 0.15) is 112 Å². The molecule has 0 saturated heterocycles. The monoisotopic (exact) mass is 482 g/mol. The topological polar surface area (TPSA) is 69.1 Å². The van der Waals surface area contributed by atoms with E-state index >= 15 is 0 Å². The van der Waals surface area contributed by atoms with Crippen LogP contribution in [0.25, 0.3) is 0 Å². The van der Waals surface area contributed by atoms with Crippen LogP contribution in [0.15, 0.2) is 17.8 Å². The Hall–Kier alpha value is -1.13. The molecule has 4 heteroatoms. The normalized spacial score (nSPS) is 45.5. The third-order valence-corrected chi connectivity index (χ3v) is 12.5. The summed E-state index contributed by atoms with van der Waals surface area (Å²) in [7, 11) is 0. The molecule has 0 aromatic carbocycles. The second-order valence-electron chi connectivity index (χ2n) is 14.8. The van der Waals surface area contributed by atoms with Gasteiger partial charge in [-0.25, -0.2) is 0 Å². The van der Waals surface area contributed by atoms with E-state index in [0.29, 0.717) is 11.8 Å². The molecule has 0 aliphatic heterocycles. The van der Waals surface area contributed by atoms with E-state index in [1.165, 1.54) is 29.7 Å². The van der Waals surface area contributed by atoms with Gasteiger partial charge in [-0.15, -0.1) is 0 Å². The Bertz CT molecular complexity index is 1000. The van der Waals surface area contributed by atoms with Crippen molar-refractivity contribution in [2.75, 3.05) is 0 Å². The summed E-state index contributed by atoms with van der Waals surface area (Å²) in [5, 5.41) is 31.4. The van der Waals surface area contributed by atoms with Crippen LogP contribution in [0.4, 0.5) is 0 Å². The van der Waals surface area contributed by atoms with Gasteiger partial charge < -0.3 is 10.2 Å². The van der Waals surface area contributed by atoms with Gasteiger partial charge in [-0.05, 0) is 118 Å². The first-order chi connectivity index (χ1) is 16.2. The number of aliphatic hydroxyl groups is 2. The zero-order chi connectivity index (χ0) is 25.6. The lowest BCUT2D eigenvalue weighted by atomic mass is 9.35. The van der Waals surface area contributed by atoms with Crippen LogP contribution in [0.5, 0.6) is 0 Å². The number of fused-ring (bicyclic) bond motifs is 6. The van der Waals surface area contributed by atoms with E-state index in [1.807, 2.05) is 6.92 Å². The average molecular weight is 483 g/mol. The van der Waals surface area contributed by atoms with Crippen LogP contribution >= 0.6 is 0 Å². The standard InChI is InChI=1S/C31H50N2O2/c1-19(2)10-9-13-31(8,35)21-11-14-30(7)25(21)22(34)16-24-28(5)17-20-18-32-33-26(20)27(3,4)23(28)12-15-29(24,30)6/h10,18,21-25,34-35H,9,11-17H2,1-8H3,(H,32,33)/t21-,22+,23-,24+,25-,28-,29+,30+,31-/m0/s1. The zero-order valence-corrected chi connectivity index (χ0v) is 23.5. The summed E-state index contributed by atoms with van der Waals surface area (Å²) in [5.41, 5.74) is 3.72. The number of aliphatic hydroxyl groups excluding tert-OH is 1. The van der Waals surface area contributed by atoms with Crippen molar-refractivity contribution >= 4 is 0 Å². The van der Waals surface area contributed by atoms with Crippen molar-refractivity contribution in [2.24, 2.45) is 39.9 Å². The van der Waals surface area contributed by atoms with Gasteiger partial charge in [0.1, 0.15) is 0 Å². The number of rotatable bonds is 4. The summed E-state index contributed by atoms with van der Waals surface area (Å²) in [4.78, 5) is 0. The first-order valence-corrected chi connectivity index (χ1v) is 14.2. The Labute approximate surface area is 213 Å². The highest BCUT2D eigenvalue weighted by Gasteiger charge is 2.71. The molecule has 3 saturated carbocycles. The Morgan fingerprint density at radius 3 is 2.49 bits per heavy atom. The molecule has 196 valence electrons. The second kappa shape index (κ2) is 7.93. The number of hydrogen-bond donors (Lipinski definition) is 3. The van der Waals surface area contributed by atoms with E-state index in [0.717, 1.165) is 38.5 Å². The fourth-order valence-electron chi connectivity index (χ4n) is 10.7. The van der Waals surface area contributed by atoms with Crippen molar-refractivity contribution in [2.45, 2.75) is 124 Å². The molecule has 1 aromatic rings. The molecule has 4 nitrogen and oxygen atoms in total. The van der Waals surface area contributed by atoms with Crippen LogP contribution in [0.2, 0.25) is 0 Å². The molecule has 3 N–H and O–H groups in total. The smallest absolute Gasteiger partial charge is 0.0654 e. The number of aromatic nitrogens is 2. The lowest BCUT2D eigenvalue weighted by molar-refractivity contribution is -0.223. The molecular weight excluding hydrogens is 432 g/mol. The Balaban J connectivity index is 1.50. The summed E-state index contributed by atoms with van der Waals surface area (Å²) >= 11 is 0. The predicted octanol–water partition coefficient (Wildman–Crippen LogP) is 6.58. The van der Waals surface area contributed by atoms with E-state index in [9.17, 15) is 10.2 Å². The van der Waals surface area contributed by atoms with E-state index in [2.05, 4.69) is 70.9 Å². The van der Waals surface area contributed by atoms with Gasteiger partial charge >= 0.3 is 0 Å². The van der Waals surface area contributed by atoms with E-state index < -0.39 is 5.60 Å². The Kier molecular flexibility index (Phi) is 5.78. The zero-order valence-electron chi connectivity index (χ0n) is 23.5. The molecule has 0 unspecified atom stereocenters. The van der Waals surface area contributed by atoms with Crippen molar-refractivity contribution in [1.29, 1.82) is 0 Å². The largest absolute Gasteiger partial charge is 0.393 e.